The van der Waals surface area contributed by atoms with Crippen LogP contribution >= 0.6 is 0 Å². The van der Waals surface area contributed by atoms with Crippen LogP contribution in [0.15, 0.2) is 53.0 Å². The lowest BCUT2D eigenvalue weighted by atomic mass is 9.90. The SMILES string of the molecule is COc1cc(-c2cn(C)c(=O)c(C)c2C)cc(OC)c1CN1CCC(CN(C)c2ccc3c(c2)C(C)N(C(=O)/C(C#N)=C/C(C)(C)C)CC3)CC1. The minimum Gasteiger partial charge on any atom is -0.496 e. The number of rotatable bonds is 9. The Hall–Kier alpha value is -4.55. The molecule has 5 rings (SSSR count). The second kappa shape index (κ2) is 15.4. The van der Waals surface area contributed by atoms with Crippen molar-refractivity contribution >= 4 is 11.6 Å². The van der Waals surface area contributed by atoms with E-state index in [-0.39, 0.29) is 28.5 Å². The van der Waals surface area contributed by atoms with E-state index >= 15 is 0 Å². The average Bonchev–Trinajstić information content (AvgIpc) is 3.11. The van der Waals surface area contributed by atoms with Crippen molar-refractivity contribution in [2.75, 3.05) is 52.3 Å². The number of piperidine rings is 1. The van der Waals surface area contributed by atoms with Crippen molar-refractivity contribution in [1.82, 2.24) is 14.4 Å². The fourth-order valence-corrected chi connectivity index (χ4v) is 7.65. The van der Waals surface area contributed by atoms with Gasteiger partial charge >= 0.3 is 0 Å². The predicted molar refractivity (Wildman–Crippen MR) is 204 cm³/mol. The zero-order valence-corrected chi connectivity index (χ0v) is 32.2. The molecule has 1 unspecified atom stereocenters. The van der Waals surface area contributed by atoms with E-state index in [2.05, 4.69) is 60.2 Å². The number of amides is 1. The highest BCUT2D eigenvalue weighted by molar-refractivity contribution is 5.97. The largest absolute Gasteiger partial charge is 0.496 e. The number of anilines is 1. The van der Waals surface area contributed by atoms with E-state index in [1.165, 1.54) is 5.56 Å². The number of methoxy groups -OCH3 is 2. The molecular weight excluding hydrogens is 638 g/mol. The van der Waals surface area contributed by atoms with Crippen LogP contribution in [0.2, 0.25) is 0 Å². The fourth-order valence-electron chi connectivity index (χ4n) is 7.65. The molecule has 1 aromatic heterocycles. The molecule has 2 aliphatic heterocycles. The number of pyridine rings is 1. The summed E-state index contributed by atoms with van der Waals surface area (Å²) in [6.45, 7) is 16.2. The molecule has 9 nitrogen and oxygen atoms in total. The molecular formula is C42H55N5O4. The van der Waals surface area contributed by atoms with Gasteiger partial charge in [-0.1, -0.05) is 32.9 Å². The zero-order chi connectivity index (χ0) is 37.2. The molecule has 0 aliphatic carbocycles. The van der Waals surface area contributed by atoms with E-state index in [0.717, 1.165) is 96.0 Å². The summed E-state index contributed by atoms with van der Waals surface area (Å²) in [6, 6.07) is 12.8. The Balaban J connectivity index is 1.24. The number of nitriles is 1. The van der Waals surface area contributed by atoms with Gasteiger partial charge < -0.3 is 23.8 Å². The molecule has 1 fully saturated rings. The molecule has 1 saturated heterocycles. The normalized spacial score (nSPS) is 17.2. The first kappa shape index (κ1) is 37.7. The average molecular weight is 694 g/mol. The molecule has 2 aromatic carbocycles. The van der Waals surface area contributed by atoms with Gasteiger partial charge in [0.25, 0.3) is 11.5 Å². The number of aromatic nitrogens is 1. The fraction of sp³-hybridized carbons (Fsp3) is 0.500. The topological polar surface area (TPSA) is 91.0 Å². The van der Waals surface area contributed by atoms with E-state index in [0.29, 0.717) is 12.5 Å². The summed E-state index contributed by atoms with van der Waals surface area (Å²) in [6.07, 6.45) is 6.63. The number of carbonyl (C=O) groups excluding carboxylic acids is 1. The Morgan fingerprint density at radius 1 is 1.04 bits per heavy atom. The van der Waals surface area contributed by atoms with Crippen LogP contribution in [-0.4, -0.2) is 67.7 Å². The van der Waals surface area contributed by atoms with Gasteiger partial charge in [0.2, 0.25) is 0 Å². The summed E-state index contributed by atoms with van der Waals surface area (Å²) in [7, 11) is 7.35. The molecule has 51 heavy (non-hydrogen) atoms. The number of hydrogen-bond donors (Lipinski definition) is 0. The van der Waals surface area contributed by atoms with Gasteiger partial charge in [-0.05, 0) is 111 Å². The van der Waals surface area contributed by atoms with Crippen LogP contribution < -0.4 is 19.9 Å². The van der Waals surface area contributed by atoms with E-state index in [9.17, 15) is 14.9 Å². The Morgan fingerprint density at radius 2 is 1.69 bits per heavy atom. The number of fused-ring (bicyclic) bond motifs is 1. The van der Waals surface area contributed by atoms with Gasteiger partial charge in [-0.3, -0.25) is 14.5 Å². The van der Waals surface area contributed by atoms with Crippen molar-refractivity contribution in [3.8, 4) is 28.7 Å². The summed E-state index contributed by atoms with van der Waals surface area (Å²) < 4.78 is 13.5. The van der Waals surface area contributed by atoms with Crippen LogP contribution in [-0.2, 0) is 24.8 Å². The second-order valence-corrected chi connectivity index (χ2v) is 15.5. The first-order chi connectivity index (χ1) is 24.1. The first-order valence-corrected chi connectivity index (χ1v) is 18.1. The van der Waals surface area contributed by atoms with E-state index < -0.39 is 0 Å². The quantitative estimate of drug-likeness (QED) is 0.177. The number of allylic oxidation sites excluding steroid dienone is 1. The highest BCUT2D eigenvalue weighted by Crippen LogP contribution is 2.38. The molecule has 0 radical (unpaired) electrons. The lowest BCUT2D eigenvalue weighted by molar-refractivity contribution is -0.129. The van der Waals surface area contributed by atoms with Crippen LogP contribution in [0.4, 0.5) is 5.69 Å². The maximum absolute atomic E-state index is 13.4. The number of benzene rings is 2. The monoisotopic (exact) mass is 693 g/mol. The number of nitrogens with zero attached hydrogens (tertiary/aromatic N) is 5. The van der Waals surface area contributed by atoms with Gasteiger partial charge in [-0.15, -0.1) is 0 Å². The lowest BCUT2D eigenvalue weighted by Gasteiger charge is -2.37. The summed E-state index contributed by atoms with van der Waals surface area (Å²) in [5, 5.41) is 9.77. The summed E-state index contributed by atoms with van der Waals surface area (Å²) in [5.41, 5.74) is 8.26. The number of hydrogen-bond acceptors (Lipinski definition) is 7. The highest BCUT2D eigenvalue weighted by atomic mass is 16.5. The molecule has 9 heteroatoms. The first-order valence-electron chi connectivity index (χ1n) is 18.1. The van der Waals surface area contributed by atoms with E-state index in [1.807, 2.05) is 45.7 Å². The smallest absolute Gasteiger partial charge is 0.264 e. The maximum atomic E-state index is 13.4. The number of ether oxygens (including phenoxy) is 2. The molecule has 3 aromatic rings. The van der Waals surface area contributed by atoms with Gasteiger partial charge in [0, 0.05) is 56.7 Å². The van der Waals surface area contributed by atoms with Crippen LogP contribution in [0.5, 0.6) is 11.5 Å². The summed E-state index contributed by atoms with van der Waals surface area (Å²) in [5.74, 6) is 1.94. The van der Waals surface area contributed by atoms with Crippen LogP contribution in [0.1, 0.15) is 74.4 Å². The maximum Gasteiger partial charge on any atom is 0.264 e. The van der Waals surface area contributed by atoms with Gasteiger partial charge in [0.1, 0.15) is 23.1 Å². The van der Waals surface area contributed by atoms with Crippen LogP contribution in [0, 0.1) is 36.5 Å². The molecule has 2 aliphatic rings. The summed E-state index contributed by atoms with van der Waals surface area (Å²) in [4.78, 5) is 32.6. The number of likely N-dealkylation sites (tertiary alicyclic amines) is 1. The second-order valence-electron chi connectivity index (χ2n) is 15.5. The Labute approximate surface area is 304 Å². The van der Waals surface area contributed by atoms with Gasteiger partial charge in [-0.2, -0.15) is 5.26 Å². The van der Waals surface area contributed by atoms with Crippen molar-refractivity contribution in [1.29, 1.82) is 5.26 Å². The minimum absolute atomic E-state index is 0.0129. The highest BCUT2D eigenvalue weighted by Gasteiger charge is 2.31. The van der Waals surface area contributed by atoms with Crippen LogP contribution in [0.25, 0.3) is 11.1 Å². The van der Waals surface area contributed by atoms with Gasteiger partial charge in [0.05, 0.1) is 25.8 Å². The third-order valence-electron chi connectivity index (χ3n) is 10.8. The molecule has 272 valence electrons. The zero-order valence-electron chi connectivity index (χ0n) is 32.2. The molecule has 1 amide bonds. The molecule has 1 atom stereocenters. The van der Waals surface area contributed by atoms with Crippen molar-refractivity contribution in [2.24, 2.45) is 18.4 Å². The molecule has 0 spiro atoms. The Kier molecular flexibility index (Phi) is 11.4. The minimum atomic E-state index is -0.250. The summed E-state index contributed by atoms with van der Waals surface area (Å²) >= 11 is 0. The van der Waals surface area contributed by atoms with Gasteiger partial charge in [0.15, 0.2) is 0 Å². The van der Waals surface area contributed by atoms with E-state index in [1.54, 1.807) is 31.9 Å². The van der Waals surface area contributed by atoms with Crippen LogP contribution in [0.3, 0.4) is 0 Å². The van der Waals surface area contributed by atoms with Crippen molar-refractivity contribution in [3.63, 3.8) is 0 Å². The van der Waals surface area contributed by atoms with Crippen molar-refractivity contribution in [3.05, 3.63) is 86.3 Å². The molecule has 0 saturated carbocycles. The third kappa shape index (κ3) is 8.18. The standard InChI is InChI=1S/C42H55N5O4/c1-27-28(2)40(48)45(8)25-36(27)32-19-38(50-9)37(39(20-32)51-10)26-46-16-13-30(14-17-46)24-44(7)34-12-11-31-15-18-47(29(3)35(31)21-34)41(49)33(23-43)22-42(4,5)6/h11-12,19-22,25,29-30H,13-18,24,26H2,1-10H3/b33-22+. The lowest BCUT2D eigenvalue weighted by Crippen LogP contribution is -2.40. The molecule has 3 heterocycles. The number of carbonyl (C=O) groups is 1. The van der Waals surface area contributed by atoms with Crippen molar-refractivity contribution in [2.45, 2.75) is 73.4 Å². The third-order valence-corrected chi connectivity index (χ3v) is 10.8. The van der Waals surface area contributed by atoms with E-state index in [4.69, 9.17) is 9.47 Å². The molecule has 0 N–H and O–H groups in total. The Bertz CT molecular complexity index is 1880. The number of aryl methyl sites for hydroxylation is 1. The Morgan fingerprint density at radius 3 is 2.27 bits per heavy atom. The predicted octanol–water partition coefficient (Wildman–Crippen LogP) is 6.98. The van der Waals surface area contributed by atoms with Gasteiger partial charge in [-0.25, -0.2) is 0 Å². The van der Waals surface area contributed by atoms with Crippen molar-refractivity contribution < 1.29 is 14.3 Å². The molecule has 0 bridgehead atoms.